The molecule has 0 aliphatic heterocycles. The van der Waals surface area contributed by atoms with Crippen molar-refractivity contribution in [2.24, 2.45) is 5.73 Å². The lowest BCUT2D eigenvalue weighted by molar-refractivity contribution is -0.132. The van der Waals surface area contributed by atoms with Gasteiger partial charge >= 0.3 is 0 Å². The lowest BCUT2D eigenvalue weighted by atomic mass is 10.2. The molecule has 0 saturated carbocycles. The summed E-state index contributed by atoms with van der Waals surface area (Å²) in [5.74, 6) is 0.394. The van der Waals surface area contributed by atoms with Gasteiger partial charge in [-0.3, -0.25) is 4.79 Å². The highest BCUT2D eigenvalue weighted by molar-refractivity contribution is 7.80. The van der Waals surface area contributed by atoms with Crippen molar-refractivity contribution in [3.05, 3.63) is 29.8 Å². The van der Waals surface area contributed by atoms with E-state index in [0.717, 1.165) is 0 Å². The fourth-order valence-electron chi connectivity index (χ4n) is 1.60. The van der Waals surface area contributed by atoms with E-state index in [1.807, 2.05) is 26.0 Å². The van der Waals surface area contributed by atoms with E-state index in [4.69, 9.17) is 27.4 Å². The Kier molecular flexibility index (Phi) is 7.11. The lowest BCUT2D eigenvalue weighted by Gasteiger charge is -2.18. The second kappa shape index (κ2) is 8.59. The average Bonchev–Trinajstić information content (AvgIpc) is 2.44. The van der Waals surface area contributed by atoms with Crippen LogP contribution in [0, 0.1) is 0 Å². The molecule has 1 rings (SSSR count). The smallest absolute Gasteiger partial charge is 0.260 e. The van der Waals surface area contributed by atoms with Crippen LogP contribution in [0.2, 0.25) is 0 Å². The fraction of sp³-hybridized carbons (Fsp3) is 0.467. The summed E-state index contributed by atoms with van der Waals surface area (Å²) in [5, 5.41) is 0. The number of hydrogen-bond donors (Lipinski definition) is 1. The SMILES string of the molecule is CC(C)OCCN(C)C(=O)COc1ccccc1C(N)=S. The van der Waals surface area contributed by atoms with Gasteiger partial charge in [0.05, 0.1) is 18.3 Å². The van der Waals surface area contributed by atoms with Gasteiger partial charge in [-0.15, -0.1) is 0 Å². The molecule has 0 radical (unpaired) electrons. The Labute approximate surface area is 131 Å². The molecule has 0 saturated heterocycles. The molecule has 0 bridgehead atoms. The van der Waals surface area contributed by atoms with Crippen LogP contribution in [0.25, 0.3) is 0 Å². The number of likely N-dealkylation sites (N-methyl/N-ethyl adjacent to an activating group) is 1. The summed E-state index contributed by atoms with van der Waals surface area (Å²) in [7, 11) is 1.72. The van der Waals surface area contributed by atoms with Crippen molar-refractivity contribution >= 4 is 23.1 Å². The molecular formula is C15H22N2O3S. The van der Waals surface area contributed by atoms with Crippen LogP contribution in [0.5, 0.6) is 5.75 Å². The number of nitrogens with two attached hydrogens (primary N) is 1. The van der Waals surface area contributed by atoms with E-state index in [-0.39, 0.29) is 23.6 Å². The summed E-state index contributed by atoms with van der Waals surface area (Å²) < 4.78 is 10.9. The number of benzene rings is 1. The third-order valence-corrected chi connectivity index (χ3v) is 3.03. The molecule has 5 nitrogen and oxygen atoms in total. The summed E-state index contributed by atoms with van der Waals surface area (Å²) in [6.07, 6.45) is 0.155. The molecule has 0 fully saturated rings. The molecule has 0 aliphatic rings. The van der Waals surface area contributed by atoms with Crippen molar-refractivity contribution < 1.29 is 14.3 Å². The number of rotatable bonds is 8. The van der Waals surface area contributed by atoms with Gasteiger partial charge in [-0.2, -0.15) is 0 Å². The van der Waals surface area contributed by atoms with E-state index in [1.165, 1.54) is 0 Å². The Hall–Kier alpha value is -1.66. The van der Waals surface area contributed by atoms with Crippen LogP contribution in [0.4, 0.5) is 0 Å². The fourth-order valence-corrected chi connectivity index (χ4v) is 1.76. The van der Waals surface area contributed by atoms with Gasteiger partial charge in [0.15, 0.2) is 6.61 Å². The van der Waals surface area contributed by atoms with Gasteiger partial charge < -0.3 is 20.1 Å². The van der Waals surface area contributed by atoms with Crippen LogP contribution in [-0.2, 0) is 9.53 Å². The molecule has 116 valence electrons. The number of ether oxygens (including phenoxy) is 2. The molecule has 0 heterocycles. The first-order valence-electron chi connectivity index (χ1n) is 6.79. The maximum Gasteiger partial charge on any atom is 0.260 e. The van der Waals surface area contributed by atoms with E-state index >= 15 is 0 Å². The van der Waals surface area contributed by atoms with Gasteiger partial charge in [0, 0.05) is 13.6 Å². The standard InChI is InChI=1S/C15H22N2O3S/c1-11(2)19-9-8-17(3)14(18)10-20-13-7-5-4-6-12(13)15(16)21/h4-7,11H,8-10H2,1-3H3,(H2,16,21). The van der Waals surface area contributed by atoms with Crippen LogP contribution in [0.1, 0.15) is 19.4 Å². The van der Waals surface area contributed by atoms with Crippen molar-refractivity contribution in [2.45, 2.75) is 20.0 Å². The summed E-state index contributed by atoms with van der Waals surface area (Å²) in [6.45, 7) is 4.88. The van der Waals surface area contributed by atoms with Crippen LogP contribution >= 0.6 is 12.2 Å². The van der Waals surface area contributed by atoms with Crippen molar-refractivity contribution in [3.8, 4) is 5.75 Å². The summed E-state index contributed by atoms with van der Waals surface area (Å²) >= 11 is 4.95. The molecule has 2 N–H and O–H groups in total. The van der Waals surface area contributed by atoms with Crippen molar-refractivity contribution in [1.29, 1.82) is 0 Å². The Bertz CT molecular complexity index is 492. The van der Waals surface area contributed by atoms with Gasteiger partial charge in [-0.05, 0) is 26.0 Å². The lowest BCUT2D eigenvalue weighted by Crippen LogP contribution is -2.34. The van der Waals surface area contributed by atoms with Crippen LogP contribution in [0.3, 0.4) is 0 Å². The predicted molar refractivity (Wildman–Crippen MR) is 86.5 cm³/mol. The van der Waals surface area contributed by atoms with Crippen LogP contribution in [-0.4, -0.2) is 48.7 Å². The van der Waals surface area contributed by atoms with Crippen molar-refractivity contribution in [3.63, 3.8) is 0 Å². The zero-order valence-corrected chi connectivity index (χ0v) is 13.5. The Morgan fingerprint density at radius 3 is 2.67 bits per heavy atom. The van der Waals surface area contributed by atoms with E-state index in [9.17, 15) is 4.79 Å². The monoisotopic (exact) mass is 310 g/mol. The van der Waals surface area contributed by atoms with Gasteiger partial charge in [-0.25, -0.2) is 0 Å². The van der Waals surface area contributed by atoms with Crippen molar-refractivity contribution in [2.75, 3.05) is 26.8 Å². The van der Waals surface area contributed by atoms with Crippen LogP contribution < -0.4 is 10.5 Å². The second-order valence-corrected chi connectivity index (χ2v) is 5.32. The number of hydrogen-bond acceptors (Lipinski definition) is 4. The maximum absolute atomic E-state index is 12.0. The molecule has 1 amide bonds. The third kappa shape index (κ3) is 6.10. The molecule has 21 heavy (non-hydrogen) atoms. The first kappa shape index (κ1) is 17.4. The van der Waals surface area contributed by atoms with E-state index in [0.29, 0.717) is 24.5 Å². The number of thiocarbonyl (C=S) groups is 1. The summed E-state index contributed by atoms with van der Waals surface area (Å²) in [5.41, 5.74) is 6.24. The number of carbonyl (C=O) groups excluding carboxylic acids is 1. The molecule has 0 atom stereocenters. The second-order valence-electron chi connectivity index (χ2n) is 4.88. The van der Waals surface area contributed by atoms with Gasteiger partial charge in [0.1, 0.15) is 10.7 Å². The number of amides is 1. The largest absolute Gasteiger partial charge is 0.483 e. The van der Waals surface area contributed by atoms with Gasteiger partial charge in [0.25, 0.3) is 5.91 Å². The normalized spacial score (nSPS) is 10.5. The molecule has 0 spiro atoms. The Morgan fingerprint density at radius 2 is 2.05 bits per heavy atom. The highest BCUT2D eigenvalue weighted by atomic mass is 32.1. The summed E-state index contributed by atoms with van der Waals surface area (Å²) in [6, 6.07) is 7.13. The average molecular weight is 310 g/mol. The quantitative estimate of drug-likeness (QED) is 0.739. The minimum absolute atomic E-state index is 0.0577. The molecule has 0 aliphatic carbocycles. The number of nitrogens with zero attached hydrogens (tertiary/aromatic N) is 1. The Balaban J connectivity index is 2.47. The number of para-hydroxylation sites is 1. The van der Waals surface area contributed by atoms with Gasteiger partial charge in [-0.1, -0.05) is 24.4 Å². The minimum Gasteiger partial charge on any atom is -0.483 e. The van der Waals surface area contributed by atoms with E-state index in [1.54, 1.807) is 24.1 Å². The minimum atomic E-state index is -0.125. The zero-order valence-electron chi connectivity index (χ0n) is 12.7. The molecule has 1 aromatic carbocycles. The topological polar surface area (TPSA) is 64.8 Å². The number of carbonyl (C=O) groups is 1. The van der Waals surface area contributed by atoms with Crippen molar-refractivity contribution in [1.82, 2.24) is 4.90 Å². The van der Waals surface area contributed by atoms with Gasteiger partial charge in [0.2, 0.25) is 0 Å². The van der Waals surface area contributed by atoms with E-state index < -0.39 is 0 Å². The van der Waals surface area contributed by atoms with E-state index in [2.05, 4.69) is 0 Å². The third-order valence-electron chi connectivity index (χ3n) is 2.81. The highest BCUT2D eigenvalue weighted by Crippen LogP contribution is 2.17. The summed E-state index contributed by atoms with van der Waals surface area (Å²) in [4.78, 5) is 13.8. The Morgan fingerprint density at radius 1 is 1.38 bits per heavy atom. The maximum atomic E-state index is 12.0. The first-order valence-corrected chi connectivity index (χ1v) is 7.20. The predicted octanol–water partition coefficient (Wildman–Crippen LogP) is 1.58. The molecule has 0 aromatic heterocycles. The molecule has 6 heteroatoms. The highest BCUT2D eigenvalue weighted by Gasteiger charge is 2.12. The first-order chi connectivity index (χ1) is 9.91. The molecular weight excluding hydrogens is 288 g/mol. The zero-order chi connectivity index (χ0) is 15.8. The molecule has 1 aromatic rings. The molecule has 0 unspecified atom stereocenters. The van der Waals surface area contributed by atoms with Crippen LogP contribution in [0.15, 0.2) is 24.3 Å².